The summed E-state index contributed by atoms with van der Waals surface area (Å²) in [4.78, 5) is 17.0. The zero-order chi connectivity index (χ0) is 17.8. The molecule has 120 valence electrons. The van der Waals surface area contributed by atoms with Crippen LogP contribution in [0.1, 0.15) is 5.56 Å². The summed E-state index contributed by atoms with van der Waals surface area (Å²) in [6.45, 7) is 0. The van der Waals surface area contributed by atoms with E-state index in [0.29, 0.717) is 16.4 Å². The first-order valence-electron chi connectivity index (χ1n) is 7.09. The molecule has 0 N–H and O–H groups in total. The van der Waals surface area contributed by atoms with Gasteiger partial charge in [-0.2, -0.15) is 15.5 Å². The smallest absolute Gasteiger partial charge is 0.269 e. The number of nitriles is 2. The maximum atomic E-state index is 12.7. The van der Waals surface area contributed by atoms with Crippen molar-refractivity contribution in [2.24, 2.45) is 0 Å². The summed E-state index contributed by atoms with van der Waals surface area (Å²) < 4.78 is 7.01. The number of ether oxygens (including phenoxy) is 1. The molecular weight excluding hydrogens is 340 g/mol. The first-order chi connectivity index (χ1) is 12.1. The summed E-state index contributed by atoms with van der Waals surface area (Å²) in [5.74, 6) is 0.420. The Kier molecular flexibility index (Phi) is 4.47. The van der Waals surface area contributed by atoms with E-state index in [1.165, 1.54) is 10.5 Å². The number of hydrogen-bond acceptors (Lipinski definition) is 5. The second-order valence-electron chi connectivity index (χ2n) is 4.90. The predicted octanol–water partition coefficient (Wildman–Crippen LogP) is 3.57. The number of rotatable bonds is 3. The molecule has 1 aromatic carbocycles. The van der Waals surface area contributed by atoms with Crippen LogP contribution in [0.2, 0.25) is 5.02 Å². The highest BCUT2D eigenvalue weighted by molar-refractivity contribution is 6.30. The van der Waals surface area contributed by atoms with Crippen LogP contribution in [0.25, 0.3) is 11.7 Å². The Balaban J connectivity index is 2.23. The van der Waals surface area contributed by atoms with Crippen LogP contribution >= 0.6 is 11.6 Å². The van der Waals surface area contributed by atoms with Crippen molar-refractivity contribution in [2.45, 2.75) is 0 Å². The molecule has 0 atom stereocenters. The first kappa shape index (κ1) is 16.3. The van der Waals surface area contributed by atoms with Gasteiger partial charge in [0.15, 0.2) is 0 Å². The van der Waals surface area contributed by atoms with Crippen molar-refractivity contribution in [3.63, 3.8) is 0 Å². The molecular formula is C18H9ClN4O2. The molecule has 0 aliphatic rings. The van der Waals surface area contributed by atoms with Gasteiger partial charge in [-0.3, -0.25) is 9.20 Å². The van der Waals surface area contributed by atoms with E-state index < -0.39 is 5.56 Å². The Morgan fingerprint density at radius 1 is 1.16 bits per heavy atom. The minimum Gasteiger partial charge on any atom is -0.438 e. The molecule has 0 unspecified atom stereocenters. The number of allylic oxidation sites excluding steroid dienone is 1. The molecule has 0 spiro atoms. The lowest BCUT2D eigenvalue weighted by Crippen LogP contribution is -2.18. The largest absolute Gasteiger partial charge is 0.438 e. The van der Waals surface area contributed by atoms with Gasteiger partial charge in [0.25, 0.3) is 5.56 Å². The highest BCUT2D eigenvalue weighted by Crippen LogP contribution is 2.25. The molecule has 25 heavy (non-hydrogen) atoms. The molecule has 0 saturated carbocycles. The van der Waals surface area contributed by atoms with E-state index in [1.807, 2.05) is 0 Å². The van der Waals surface area contributed by atoms with Crippen LogP contribution < -0.4 is 10.3 Å². The molecule has 3 aromatic rings. The summed E-state index contributed by atoms with van der Waals surface area (Å²) in [6, 6.07) is 15.0. The van der Waals surface area contributed by atoms with E-state index in [1.54, 1.807) is 60.8 Å². The third-order valence-corrected chi connectivity index (χ3v) is 3.54. The van der Waals surface area contributed by atoms with Gasteiger partial charge in [-0.15, -0.1) is 0 Å². The summed E-state index contributed by atoms with van der Waals surface area (Å²) in [7, 11) is 0. The van der Waals surface area contributed by atoms with Crippen LogP contribution in [0.3, 0.4) is 0 Å². The molecule has 0 radical (unpaired) electrons. The van der Waals surface area contributed by atoms with E-state index in [4.69, 9.17) is 26.9 Å². The lowest BCUT2D eigenvalue weighted by molar-refractivity contribution is 0.461. The Bertz CT molecular complexity index is 1100. The van der Waals surface area contributed by atoms with E-state index in [0.717, 1.165) is 0 Å². The monoisotopic (exact) mass is 348 g/mol. The van der Waals surface area contributed by atoms with Crippen LogP contribution in [0, 0.1) is 22.7 Å². The van der Waals surface area contributed by atoms with Crippen molar-refractivity contribution in [1.82, 2.24) is 9.38 Å². The zero-order valence-electron chi connectivity index (χ0n) is 12.7. The van der Waals surface area contributed by atoms with Crippen LogP contribution in [-0.4, -0.2) is 9.38 Å². The second-order valence-corrected chi connectivity index (χ2v) is 5.34. The van der Waals surface area contributed by atoms with Crippen LogP contribution in [0.15, 0.2) is 59.0 Å². The number of benzene rings is 1. The fourth-order valence-corrected chi connectivity index (χ4v) is 2.26. The van der Waals surface area contributed by atoms with Gasteiger partial charge in [0.2, 0.25) is 5.88 Å². The summed E-state index contributed by atoms with van der Waals surface area (Å²) >= 11 is 5.85. The topological polar surface area (TPSA) is 91.2 Å². The fraction of sp³-hybridized carbons (Fsp3) is 0. The van der Waals surface area contributed by atoms with Crippen molar-refractivity contribution < 1.29 is 4.74 Å². The maximum Gasteiger partial charge on any atom is 0.269 e. The Hall–Kier alpha value is -3.61. The average Bonchev–Trinajstić information content (AvgIpc) is 2.64. The minimum atomic E-state index is -0.447. The van der Waals surface area contributed by atoms with Gasteiger partial charge in [0.05, 0.1) is 0 Å². The van der Waals surface area contributed by atoms with Gasteiger partial charge in [-0.25, -0.2) is 0 Å². The Morgan fingerprint density at radius 2 is 1.88 bits per heavy atom. The minimum absolute atomic E-state index is 0.00141. The van der Waals surface area contributed by atoms with E-state index in [-0.39, 0.29) is 17.0 Å². The number of halogens is 1. The normalized spacial score (nSPS) is 9.88. The molecule has 3 rings (SSSR count). The van der Waals surface area contributed by atoms with Gasteiger partial charge in [-0.1, -0.05) is 17.7 Å². The van der Waals surface area contributed by atoms with E-state index in [9.17, 15) is 4.79 Å². The molecule has 0 amide bonds. The van der Waals surface area contributed by atoms with Crippen LogP contribution in [-0.2, 0) is 0 Å². The van der Waals surface area contributed by atoms with Gasteiger partial charge in [-0.05, 0) is 42.5 Å². The molecule has 0 aliphatic carbocycles. The lowest BCUT2D eigenvalue weighted by atomic mass is 10.2. The second kappa shape index (κ2) is 6.88. The highest BCUT2D eigenvalue weighted by atomic mass is 35.5. The van der Waals surface area contributed by atoms with Crippen molar-refractivity contribution in [3.8, 4) is 23.8 Å². The number of pyridine rings is 1. The summed E-state index contributed by atoms with van der Waals surface area (Å²) in [6.07, 6.45) is 2.71. The maximum absolute atomic E-state index is 12.7. The quantitative estimate of drug-likeness (QED) is 0.675. The van der Waals surface area contributed by atoms with Gasteiger partial charge >= 0.3 is 0 Å². The third kappa shape index (κ3) is 3.35. The molecule has 6 nitrogen and oxygen atoms in total. The zero-order valence-corrected chi connectivity index (χ0v) is 13.4. The van der Waals surface area contributed by atoms with Crippen molar-refractivity contribution >= 4 is 23.3 Å². The standard InChI is InChI=1S/C18H9ClN4O2/c19-13-4-6-14(7-5-13)25-17-15(9-12(10-20)11-21)18(24)23-8-2-1-3-16(23)22-17/h1-9H. The van der Waals surface area contributed by atoms with Gasteiger partial charge in [0.1, 0.15) is 34.7 Å². The predicted molar refractivity (Wildman–Crippen MR) is 92.2 cm³/mol. The number of hydrogen-bond donors (Lipinski definition) is 0. The molecule has 2 aromatic heterocycles. The number of fused-ring (bicyclic) bond motifs is 1. The molecule has 7 heteroatoms. The average molecular weight is 349 g/mol. The van der Waals surface area contributed by atoms with Gasteiger partial charge in [0, 0.05) is 11.2 Å². The Morgan fingerprint density at radius 3 is 2.56 bits per heavy atom. The fourth-order valence-electron chi connectivity index (χ4n) is 2.13. The van der Waals surface area contributed by atoms with E-state index >= 15 is 0 Å². The molecule has 0 aliphatic heterocycles. The summed E-state index contributed by atoms with van der Waals surface area (Å²) in [5, 5.41) is 18.5. The number of aromatic nitrogens is 2. The Labute approximate surface area is 147 Å². The lowest BCUT2D eigenvalue weighted by Gasteiger charge is -2.09. The van der Waals surface area contributed by atoms with Crippen LogP contribution in [0.5, 0.6) is 11.6 Å². The molecule has 0 saturated heterocycles. The number of nitrogens with zero attached hydrogens (tertiary/aromatic N) is 4. The molecule has 0 bridgehead atoms. The highest BCUT2D eigenvalue weighted by Gasteiger charge is 2.14. The first-order valence-corrected chi connectivity index (χ1v) is 7.47. The van der Waals surface area contributed by atoms with Crippen molar-refractivity contribution in [1.29, 1.82) is 10.5 Å². The van der Waals surface area contributed by atoms with Crippen molar-refractivity contribution in [3.05, 3.63) is 75.2 Å². The summed E-state index contributed by atoms with van der Waals surface area (Å²) in [5.41, 5.74) is -0.283. The third-order valence-electron chi connectivity index (χ3n) is 3.29. The molecule has 2 heterocycles. The van der Waals surface area contributed by atoms with Crippen molar-refractivity contribution in [2.75, 3.05) is 0 Å². The van der Waals surface area contributed by atoms with Crippen LogP contribution in [0.4, 0.5) is 0 Å². The van der Waals surface area contributed by atoms with E-state index in [2.05, 4.69) is 4.98 Å². The SMILES string of the molecule is N#CC(C#N)=Cc1c(Oc2ccc(Cl)cc2)nc2ccccn2c1=O. The van der Waals surface area contributed by atoms with Gasteiger partial charge < -0.3 is 4.74 Å². The molecule has 0 fully saturated rings.